The Morgan fingerprint density at radius 1 is 1.33 bits per heavy atom. The highest BCUT2D eigenvalue weighted by molar-refractivity contribution is 9.10. The minimum Gasteiger partial charge on any atom is -0.480 e. The molecule has 1 aromatic carbocycles. The maximum Gasteiger partial charge on any atom is 0.417 e. The van der Waals surface area contributed by atoms with Gasteiger partial charge in [0.15, 0.2) is 0 Å². The Bertz CT molecular complexity index is 534. The zero-order valence-corrected chi connectivity index (χ0v) is 12.1. The van der Waals surface area contributed by atoms with E-state index in [0.29, 0.717) is 0 Å². The van der Waals surface area contributed by atoms with E-state index in [9.17, 15) is 22.8 Å². The third kappa shape index (κ3) is 5.72. The van der Waals surface area contributed by atoms with Gasteiger partial charge in [0.25, 0.3) is 5.91 Å². The van der Waals surface area contributed by atoms with E-state index in [-0.39, 0.29) is 17.6 Å². The first kappa shape index (κ1) is 17.4. The summed E-state index contributed by atoms with van der Waals surface area (Å²) in [7, 11) is 0. The molecule has 1 amide bonds. The summed E-state index contributed by atoms with van der Waals surface area (Å²) >= 11 is 2.92. The third-order valence-electron chi connectivity index (χ3n) is 2.29. The molecule has 0 saturated carbocycles. The van der Waals surface area contributed by atoms with Crippen LogP contribution in [0.2, 0.25) is 0 Å². The van der Waals surface area contributed by atoms with Crippen molar-refractivity contribution in [2.75, 3.05) is 19.8 Å². The molecule has 0 atom stereocenters. The lowest BCUT2D eigenvalue weighted by molar-refractivity contribution is -0.142. The fourth-order valence-corrected chi connectivity index (χ4v) is 1.80. The van der Waals surface area contributed by atoms with Crippen LogP contribution in [0.15, 0.2) is 22.7 Å². The van der Waals surface area contributed by atoms with Gasteiger partial charge in [-0.3, -0.25) is 4.79 Å². The molecule has 5 nitrogen and oxygen atoms in total. The second kappa shape index (κ2) is 7.41. The van der Waals surface area contributed by atoms with Crippen LogP contribution in [0.1, 0.15) is 15.9 Å². The fraction of sp³-hybridized carbons (Fsp3) is 0.333. The van der Waals surface area contributed by atoms with Gasteiger partial charge in [0.05, 0.1) is 17.7 Å². The number of carboxylic acid groups (broad SMARTS) is 1. The molecule has 0 unspecified atom stereocenters. The van der Waals surface area contributed by atoms with Crippen molar-refractivity contribution in [2.24, 2.45) is 0 Å². The third-order valence-corrected chi connectivity index (χ3v) is 2.78. The first-order chi connectivity index (χ1) is 9.71. The number of hydrogen-bond donors (Lipinski definition) is 2. The van der Waals surface area contributed by atoms with Crippen LogP contribution in [0, 0.1) is 0 Å². The van der Waals surface area contributed by atoms with Gasteiger partial charge in [-0.2, -0.15) is 13.2 Å². The highest BCUT2D eigenvalue weighted by atomic mass is 79.9. The Kier molecular flexibility index (Phi) is 6.16. The van der Waals surface area contributed by atoms with Gasteiger partial charge in [0.2, 0.25) is 0 Å². The standard InChI is InChI=1S/C12H11BrF3NO4/c13-7-1-2-8(9(5-7)12(14,15)16)11(20)17-3-4-21-6-10(18)19/h1-2,5H,3-4,6H2,(H,17,20)(H,18,19). The van der Waals surface area contributed by atoms with Gasteiger partial charge in [-0.25, -0.2) is 4.79 Å². The highest BCUT2D eigenvalue weighted by Crippen LogP contribution is 2.33. The molecule has 1 rings (SSSR count). The van der Waals surface area contributed by atoms with E-state index in [4.69, 9.17) is 5.11 Å². The summed E-state index contributed by atoms with van der Waals surface area (Å²) in [5.41, 5.74) is -1.57. The number of rotatable bonds is 6. The molecule has 0 heterocycles. The maximum absolute atomic E-state index is 12.8. The average Bonchev–Trinajstić information content (AvgIpc) is 2.36. The molecule has 0 radical (unpaired) electrons. The van der Waals surface area contributed by atoms with Crippen molar-refractivity contribution in [3.05, 3.63) is 33.8 Å². The van der Waals surface area contributed by atoms with Crippen molar-refractivity contribution in [1.29, 1.82) is 0 Å². The highest BCUT2D eigenvalue weighted by Gasteiger charge is 2.35. The molecule has 116 valence electrons. The number of carbonyl (C=O) groups excluding carboxylic acids is 1. The van der Waals surface area contributed by atoms with Gasteiger partial charge in [-0.15, -0.1) is 0 Å². The van der Waals surface area contributed by atoms with Gasteiger partial charge in [0.1, 0.15) is 6.61 Å². The molecule has 0 spiro atoms. The molecular weight excluding hydrogens is 359 g/mol. The van der Waals surface area contributed by atoms with Crippen LogP contribution >= 0.6 is 15.9 Å². The van der Waals surface area contributed by atoms with Gasteiger partial charge in [-0.05, 0) is 18.2 Å². The van der Waals surface area contributed by atoms with E-state index in [1.807, 2.05) is 0 Å². The molecule has 0 fully saturated rings. The van der Waals surface area contributed by atoms with Crippen molar-refractivity contribution in [2.45, 2.75) is 6.18 Å². The summed E-state index contributed by atoms with van der Waals surface area (Å²) in [6.07, 6.45) is -4.66. The Morgan fingerprint density at radius 3 is 2.57 bits per heavy atom. The molecule has 1 aromatic rings. The number of ether oxygens (including phenoxy) is 1. The topological polar surface area (TPSA) is 75.6 Å². The SMILES string of the molecule is O=C(O)COCCNC(=O)c1ccc(Br)cc1C(F)(F)F. The summed E-state index contributed by atoms with van der Waals surface area (Å²) < 4.78 is 43.3. The number of halogens is 4. The van der Waals surface area contributed by atoms with Crippen LogP contribution in [-0.4, -0.2) is 36.7 Å². The summed E-state index contributed by atoms with van der Waals surface area (Å²) in [5.74, 6) is -2.08. The van der Waals surface area contributed by atoms with Crippen LogP contribution in [0.5, 0.6) is 0 Å². The van der Waals surface area contributed by atoms with Crippen molar-refractivity contribution in [3.8, 4) is 0 Å². The number of hydrogen-bond acceptors (Lipinski definition) is 3. The Hall–Kier alpha value is -1.61. The van der Waals surface area contributed by atoms with Gasteiger partial charge in [-0.1, -0.05) is 15.9 Å². The Labute approximate surface area is 126 Å². The van der Waals surface area contributed by atoms with Gasteiger partial charge in [0, 0.05) is 11.0 Å². The zero-order chi connectivity index (χ0) is 16.0. The first-order valence-corrected chi connectivity index (χ1v) is 6.45. The maximum atomic E-state index is 12.8. The molecular formula is C12H11BrF3NO4. The van der Waals surface area contributed by atoms with Crippen molar-refractivity contribution < 1.29 is 32.6 Å². The van der Waals surface area contributed by atoms with Crippen LogP contribution in [0.4, 0.5) is 13.2 Å². The molecule has 2 N–H and O–H groups in total. The van der Waals surface area contributed by atoms with Crippen LogP contribution in [0.25, 0.3) is 0 Å². The van der Waals surface area contributed by atoms with Crippen molar-refractivity contribution in [3.63, 3.8) is 0 Å². The molecule has 9 heteroatoms. The molecule has 0 aromatic heterocycles. The number of aliphatic carboxylic acids is 1. The summed E-state index contributed by atoms with van der Waals surface area (Å²) in [4.78, 5) is 21.9. The lowest BCUT2D eigenvalue weighted by Crippen LogP contribution is -2.29. The minimum absolute atomic E-state index is 0.0977. The number of nitrogens with one attached hydrogen (secondary N) is 1. The van der Waals surface area contributed by atoms with Crippen LogP contribution in [0.3, 0.4) is 0 Å². The quantitative estimate of drug-likeness (QED) is 0.754. The lowest BCUT2D eigenvalue weighted by atomic mass is 10.1. The second-order valence-electron chi connectivity index (χ2n) is 3.89. The zero-order valence-electron chi connectivity index (χ0n) is 10.5. The number of alkyl halides is 3. The van der Waals surface area contributed by atoms with E-state index < -0.39 is 35.8 Å². The molecule has 0 bridgehead atoms. The van der Waals surface area contributed by atoms with E-state index >= 15 is 0 Å². The predicted octanol–water partition coefficient (Wildman–Crippen LogP) is 2.30. The summed E-state index contributed by atoms with van der Waals surface area (Å²) in [6, 6.07) is 3.20. The fourth-order valence-electron chi connectivity index (χ4n) is 1.44. The second-order valence-corrected chi connectivity index (χ2v) is 4.81. The predicted molar refractivity (Wildman–Crippen MR) is 69.9 cm³/mol. The molecule has 0 saturated heterocycles. The molecule has 0 aliphatic rings. The summed E-state index contributed by atoms with van der Waals surface area (Å²) in [5, 5.41) is 10.5. The van der Waals surface area contributed by atoms with Crippen LogP contribution < -0.4 is 5.32 Å². The van der Waals surface area contributed by atoms with Crippen molar-refractivity contribution >= 4 is 27.8 Å². The first-order valence-electron chi connectivity index (χ1n) is 5.66. The lowest BCUT2D eigenvalue weighted by Gasteiger charge is -2.13. The normalized spacial score (nSPS) is 11.2. The Balaban J connectivity index is 2.68. The van der Waals surface area contributed by atoms with Crippen molar-refractivity contribution in [1.82, 2.24) is 5.32 Å². The number of benzene rings is 1. The van der Waals surface area contributed by atoms with E-state index in [2.05, 4.69) is 26.0 Å². The molecule has 0 aliphatic carbocycles. The van der Waals surface area contributed by atoms with E-state index in [0.717, 1.165) is 12.1 Å². The average molecular weight is 370 g/mol. The Morgan fingerprint density at radius 2 is 2.00 bits per heavy atom. The van der Waals surface area contributed by atoms with E-state index in [1.54, 1.807) is 0 Å². The van der Waals surface area contributed by atoms with Crippen LogP contribution in [-0.2, 0) is 15.7 Å². The number of carboxylic acids is 1. The molecule has 21 heavy (non-hydrogen) atoms. The minimum atomic E-state index is -4.66. The monoisotopic (exact) mass is 369 g/mol. The summed E-state index contributed by atoms with van der Waals surface area (Å²) in [6.45, 7) is -0.753. The number of amides is 1. The smallest absolute Gasteiger partial charge is 0.417 e. The largest absolute Gasteiger partial charge is 0.480 e. The molecule has 0 aliphatic heterocycles. The van der Waals surface area contributed by atoms with E-state index in [1.165, 1.54) is 6.07 Å². The van der Waals surface area contributed by atoms with Gasteiger partial charge < -0.3 is 15.2 Å². The van der Waals surface area contributed by atoms with Gasteiger partial charge >= 0.3 is 12.1 Å². The number of carbonyl (C=O) groups is 2.